The van der Waals surface area contributed by atoms with Crippen LogP contribution in [0.1, 0.15) is 69.8 Å². The molecule has 0 bridgehead atoms. The number of nitrogens with zero attached hydrogens (tertiary/aromatic N) is 3. The Morgan fingerprint density at radius 3 is 2.53 bits per heavy atom. The normalized spacial score (nSPS) is 23.9. The van der Waals surface area contributed by atoms with E-state index in [1.807, 2.05) is 57.0 Å². The molecule has 4 rings (SSSR count). The van der Waals surface area contributed by atoms with Gasteiger partial charge in [-0.2, -0.15) is 0 Å². The summed E-state index contributed by atoms with van der Waals surface area (Å²) >= 11 is 6.07. The zero-order valence-corrected chi connectivity index (χ0v) is 22.3. The number of nitrogens with one attached hydrogen (secondary N) is 1. The van der Waals surface area contributed by atoms with E-state index in [0.29, 0.717) is 23.2 Å². The van der Waals surface area contributed by atoms with Crippen LogP contribution in [0.2, 0.25) is 5.02 Å². The molecule has 196 valence electrons. The van der Waals surface area contributed by atoms with Crippen LogP contribution >= 0.6 is 11.6 Å². The van der Waals surface area contributed by atoms with Crippen LogP contribution in [0.4, 0.5) is 4.79 Å². The van der Waals surface area contributed by atoms with Crippen LogP contribution in [0.15, 0.2) is 36.8 Å². The highest BCUT2D eigenvalue weighted by molar-refractivity contribution is 6.30. The molecule has 2 saturated carbocycles. The van der Waals surface area contributed by atoms with Gasteiger partial charge in [0.05, 0.1) is 12.4 Å². The maximum atomic E-state index is 13.5. The molecule has 2 aromatic rings. The van der Waals surface area contributed by atoms with E-state index >= 15 is 0 Å². The number of carbonyl (C=O) groups is 2. The van der Waals surface area contributed by atoms with E-state index in [9.17, 15) is 9.59 Å². The van der Waals surface area contributed by atoms with Gasteiger partial charge in [0.25, 0.3) is 5.91 Å². The summed E-state index contributed by atoms with van der Waals surface area (Å²) < 4.78 is 13.3. The monoisotopic (exact) mass is 516 g/mol. The van der Waals surface area contributed by atoms with Crippen LogP contribution in [0.5, 0.6) is 5.75 Å². The molecule has 0 saturated heterocycles. The first kappa shape index (κ1) is 26.3. The fraction of sp³-hybridized carbons (Fsp3) is 0.593. The molecule has 0 spiro atoms. The molecule has 0 aliphatic heterocycles. The Balaban J connectivity index is 1.34. The summed E-state index contributed by atoms with van der Waals surface area (Å²) in [7, 11) is 1.87. The van der Waals surface area contributed by atoms with Crippen molar-refractivity contribution in [1.82, 2.24) is 19.8 Å². The molecular formula is C27H37ClN4O4. The Morgan fingerprint density at radius 2 is 1.92 bits per heavy atom. The van der Waals surface area contributed by atoms with Crippen molar-refractivity contribution in [2.45, 2.75) is 83.1 Å². The first-order valence-corrected chi connectivity index (χ1v) is 13.1. The molecule has 9 heteroatoms. The average molecular weight is 517 g/mol. The third-order valence-electron chi connectivity index (χ3n) is 6.79. The molecular weight excluding hydrogens is 480 g/mol. The zero-order valence-electron chi connectivity index (χ0n) is 21.6. The maximum Gasteiger partial charge on any atom is 0.407 e. The van der Waals surface area contributed by atoms with Crippen LogP contribution in [-0.2, 0) is 11.8 Å². The van der Waals surface area contributed by atoms with Gasteiger partial charge in [-0.05, 0) is 83.4 Å². The number of amides is 2. The molecule has 36 heavy (non-hydrogen) atoms. The van der Waals surface area contributed by atoms with Gasteiger partial charge in [-0.25, -0.2) is 9.78 Å². The molecule has 0 unspecified atom stereocenters. The highest BCUT2D eigenvalue weighted by Crippen LogP contribution is 2.35. The Morgan fingerprint density at radius 1 is 1.19 bits per heavy atom. The largest absolute Gasteiger partial charge is 0.490 e. The van der Waals surface area contributed by atoms with E-state index in [1.54, 1.807) is 17.1 Å². The maximum absolute atomic E-state index is 13.5. The smallest absolute Gasteiger partial charge is 0.407 e. The van der Waals surface area contributed by atoms with Crippen LogP contribution in [-0.4, -0.2) is 56.8 Å². The van der Waals surface area contributed by atoms with E-state index in [0.717, 1.165) is 44.3 Å². The predicted octanol–water partition coefficient (Wildman–Crippen LogP) is 5.21. The van der Waals surface area contributed by atoms with Gasteiger partial charge in [0, 0.05) is 36.9 Å². The lowest BCUT2D eigenvalue weighted by atomic mass is 9.80. The van der Waals surface area contributed by atoms with E-state index in [-0.39, 0.29) is 30.2 Å². The first-order valence-electron chi connectivity index (χ1n) is 12.8. The summed E-state index contributed by atoms with van der Waals surface area (Å²) in [6.07, 6.45) is 8.25. The number of benzene rings is 1. The molecule has 1 N–H and O–H groups in total. The lowest BCUT2D eigenvalue weighted by molar-refractivity contribution is 0.0219. The number of hydrogen-bond acceptors (Lipinski definition) is 5. The van der Waals surface area contributed by atoms with E-state index in [4.69, 9.17) is 21.1 Å². The number of rotatable bonds is 7. The number of ether oxygens (including phenoxy) is 2. The molecule has 2 aliphatic rings. The van der Waals surface area contributed by atoms with E-state index in [1.165, 1.54) is 0 Å². The van der Waals surface area contributed by atoms with Gasteiger partial charge < -0.3 is 24.3 Å². The van der Waals surface area contributed by atoms with Gasteiger partial charge in [0.15, 0.2) is 0 Å². The number of hydrogen-bond donors (Lipinski definition) is 1. The second kappa shape index (κ2) is 11.1. The number of aromatic nitrogens is 2. The Kier molecular flexibility index (Phi) is 8.13. The summed E-state index contributed by atoms with van der Waals surface area (Å²) in [5.74, 6) is 1.13. The summed E-state index contributed by atoms with van der Waals surface area (Å²) in [6.45, 7) is 6.25. The zero-order chi connectivity index (χ0) is 25.9. The average Bonchev–Trinajstić information content (AvgIpc) is 3.20. The van der Waals surface area contributed by atoms with Crippen molar-refractivity contribution in [3.8, 4) is 5.75 Å². The molecule has 1 heterocycles. The van der Waals surface area contributed by atoms with Gasteiger partial charge >= 0.3 is 6.09 Å². The van der Waals surface area contributed by atoms with Crippen LogP contribution < -0.4 is 10.1 Å². The third-order valence-corrected chi connectivity index (χ3v) is 7.02. The number of carbonyl (C=O) groups excluding carboxylic acids is 2. The van der Waals surface area contributed by atoms with Crippen LogP contribution in [0.25, 0.3) is 0 Å². The topological polar surface area (TPSA) is 85.7 Å². The third kappa shape index (κ3) is 7.15. The minimum Gasteiger partial charge on any atom is -0.490 e. The minimum atomic E-state index is -0.524. The van der Waals surface area contributed by atoms with Crippen molar-refractivity contribution in [3.63, 3.8) is 0 Å². The van der Waals surface area contributed by atoms with Gasteiger partial charge in [-0.15, -0.1) is 0 Å². The number of halogens is 1. The van der Waals surface area contributed by atoms with E-state index < -0.39 is 5.60 Å². The lowest BCUT2D eigenvalue weighted by Crippen LogP contribution is -2.50. The quantitative estimate of drug-likeness (QED) is 0.546. The summed E-state index contributed by atoms with van der Waals surface area (Å²) in [5.41, 5.74) is -0.0535. The fourth-order valence-corrected chi connectivity index (χ4v) is 5.19. The second-order valence-electron chi connectivity index (χ2n) is 11.1. The van der Waals surface area contributed by atoms with Crippen LogP contribution in [0, 0.1) is 5.92 Å². The second-order valence-corrected chi connectivity index (χ2v) is 11.5. The Hall–Kier alpha value is -2.74. The predicted molar refractivity (Wildman–Crippen MR) is 138 cm³/mol. The van der Waals surface area contributed by atoms with Crippen molar-refractivity contribution in [2.75, 3.05) is 6.54 Å². The summed E-state index contributed by atoms with van der Waals surface area (Å²) in [4.78, 5) is 32.0. The molecule has 8 nitrogen and oxygen atoms in total. The minimum absolute atomic E-state index is 0.0293. The molecule has 2 fully saturated rings. The van der Waals surface area contributed by atoms with Crippen LogP contribution in [0.3, 0.4) is 0 Å². The molecule has 0 atom stereocenters. The molecule has 1 aromatic heterocycles. The SMILES string of the molecule is Cn1cnc(C(=O)N(CC2CC(Oc3cccc(Cl)c3)C2)C2CCC(NC(=O)OC(C)(C)C)CC2)c1. The standard InChI is InChI=1S/C27H37ClN4O4/c1-27(2,3)36-26(34)30-20-8-10-21(11-9-20)32(25(33)24-16-31(4)17-29-24)15-18-12-23(13-18)35-22-7-5-6-19(28)14-22/h5-7,14,16-18,20-21,23H,8-13,15H2,1-4H3,(H,30,34). The van der Waals surface area contributed by atoms with Crippen molar-refractivity contribution in [2.24, 2.45) is 13.0 Å². The lowest BCUT2D eigenvalue weighted by Gasteiger charge is -2.42. The Labute approximate surface area is 218 Å². The van der Waals surface area contributed by atoms with Gasteiger partial charge in [0.1, 0.15) is 17.0 Å². The van der Waals surface area contributed by atoms with Gasteiger partial charge in [-0.3, -0.25) is 4.79 Å². The van der Waals surface area contributed by atoms with Crippen molar-refractivity contribution in [3.05, 3.63) is 47.5 Å². The highest BCUT2D eigenvalue weighted by atomic mass is 35.5. The molecule has 1 aromatic carbocycles. The molecule has 0 radical (unpaired) electrons. The first-order chi connectivity index (χ1) is 17.1. The van der Waals surface area contributed by atoms with Gasteiger partial charge in [0.2, 0.25) is 0 Å². The van der Waals surface area contributed by atoms with E-state index in [2.05, 4.69) is 10.3 Å². The summed E-state index contributed by atoms with van der Waals surface area (Å²) in [5, 5.41) is 3.65. The van der Waals surface area contributed by atoms with Gasteiger partial charge in [-0.1, -0.05) is 17.7 Å². The molecule has 2 aliphatic carbocycles. The summed E-state index contributed by atoms with van der Waals surface area (Å²) in [6, 6.07) is 7.63. The number of aryl methyl sites for hydroxylation is 1. The Bertz CT molecular complexity index is 1050. The fourth-order valence-electron chi connectivity index (χ4n) is 5.01. The number of imidazole rings is 1. The van der Waals surface area contributed by atoms with Crippen molar-refractivity contribution >= 4 is 23.6 Å². The highest BCUT2D eigenvalue weighted by Gasteiger charge is 2.37. The number of alkyl carbamates (subject to hydrolysis) is 1. The van der Waals surface area contributed by atoms with Crippen molar-refractivity contribution in [1.29, 1.82) is 0 Å². The van der Waals surface area contributed by atoms with Crippen molar-refractivity contribution < 1.29 is 19.1 Å². The molecule has 2 amide bonds.